The van der Waals surface area contributed by atoms with Crippen LogP contribution in [0.3, 0.4) is 0 Å². The van der Waals surface area contributed by atoms with E-state index in [4.69, 9.17) is 5.26 Å². The van der Waals surface area contributed by atoms with Crippen molar-refractivity contribution in [3.8, 4) is 11.8 Å². The van der Waals surface area contributed by atoms with Crippen molar-refractivity contribution in [1.29, 1.82) is 5.26 Å². The van der Waals surface area contributed by atoms with E-state index >= 15 is 0 Å². The van der Waals surface area contributed by atoms with E-state index in [2.05, 4.69) is 29.3 Å². The molecule has 0 saturated carbocycles. The van der Waals surface area contributed by atoms with Crippen LogP contribution in [0.1, 0.15) is 24.8 Å². The van der Waals surface area contributed by atoms with Gasteiger partial charge in [0, 0.05) is 24.7 Å². The molecular weight excluding hydrogens is 248 g/mol. The Morgan fingerprint density at radius 1 is 1.25 bits per heavy atom. The molecule has 0 amide bonds. The van der Waals surface area contributed by atoms with E-state index in [1.54, 1.807) is 0 Å². The van der Waals surface area contributed by atoms with Crippen LogP contribution in [0.25, 0.3) is 5.69 Å². The summed E-state index contributed by atoms with van der Waals surface area (Å²) in [5, 5.41) is 12.9. The van der Waals surface area contributed by atoms with Crippen molar-refractivity contribution < 1.29 is 0 Å². The molecular formula is C16H20N4. The van der Waals surface area contributed by atoms with Crippen molar-refractivity contribution in [2.24, 2.45) is 0 Å². The van der Waals surface area contributed by atoms with E-state index in [0.717, 1.165) is 31.6 Å². The molecule has 0 unspecified atom stereocenters. The number of nitriles is 1. The van der Waals surface area contributed by atoms with Crippen molar-refractivity contribution in [2.75, 3.05) is 13.6 Å². The third kappa shape index (κ3) is 4.22. The molecule has 0 N–H and O–H groups in total. The van der Waals surface area contributed by atoms with E-state index in [1.165, 1.54) is 5.56 Å². The van der Waals surface area contributed by atoms with Gasteiger partial charge < -0.3 is 4.90 Å². The van der Waals surface area contributed by atoms with Crippen molar-refractivity contribution >= 4 is 0 Å². The molecule has 0 spiro atoms. The number of hydrogen-bond acceptors (Lipinski definition) is 3. The van der Waals surface area contributed by atoms with Gasteiger partial charge in [-0.1, -0.05) is 18.2 Å². The quantitative estimate of drug-likeness (QED) is 0.725. The van der Waals surface area contributed by atoms with E-state index in [9.17, 15) is 0 Å². The summed E-state index contributed by atoms with van der Waals surface area (Å²) in [6, 6.07) is 12.3. The molecule has 0 saturated heterocycles. The lowest BCUT2D eigenvalue weighted by molar-refractivity contribution is 0.319. The van der Waals surface area contributed by atoms with Crippen LogP contribution in [0.4, 0.5) is 0 Å². The predicted molar refractivity (Wildman–Crippen MR) is 79.4 cm³/mol. The third-order valence-corrected chi connectivity index (χ3v) is 3.19. The Bertz CT molecular complexity index is 553. The molecule has 4 heteroatoms. The summed E-state index contributed by atoms with van der Waals surface area (Å²) in [7, 11) is 2.10. The second kappa shape index (κ2) is 7.46. The zero-order chi connectivity index (χ0) is 14.2. The standard InChI is InChI=1S/C16H20N4/c1-19(11-7-3-6-10-17)13-15-12-18-20(14-15)16-8-4-2-5-9-16/h2,4-5,8-9,12,14H,3,6-7,11,13H2,1H3. The highest BCUT2D eigenvalue weighted by atomic mass is 15.3. The first-order chi connectivity index (χ1) is 9.79. The molecule has 1 aromatic carbocycles. The maximum Gasteiger partial charge on any atom is 0.0645 e. The first-order valence-electron chi connectivity index (χ1n) is 6.94. The average molecular weight is 268 g/mol. The van der Waals surface area contributed by atoms with Crippen molar-refractivity contribution in [3.63, 3.8) is 0 Å². The van der Waals surface area contributed by atoms with Crippen molar-refractivity contribution in [3.05, 3.63) is 48.3 Å². The smallest absolute Gasteiger partial charge is 0.0645 e. The van der Waals surface area contributed by atoms with Crippen LogP contribution in [0.15, 0.2) is 42.7 Å². The fourth-order valence-electron chi connectivity index (χ4n) is 2.14. The van der Waals surface area contributed by atoms with E-state index < -0.39 is 0 Å². The Labute approximate surface area is 120 Å². The molecule has 0 radical (unpaired) electrons. The van der Waals surface area contributed by atoms with E-state index in [1.807, 2.05) is 41.2 Å². The van der Waals surface area contributed by atoms with Gasteiger partial charge in [0.2, 0.25) is 0 Å². The van der Waals surface area contributed by atoms with Gasteiger partial charge in [0.05, 0.1) is 18.0 Å². The van der Waals surface area contributed by atoms with Gasteiger partial charge >= 0.3 is 0 Å². The van der Waals surface area contributed by atoms with E-state index in [-0.39, 0.29) is 0 Å². The largest absolute Gasteiger partial charge is 0.302 e. The number of rotatable bonds is 7. The summed E-state index contributed by atoms with van der Waals surface area (Å²) in [4.78, 5) is 2.27. The number of benzene rings is 1. The number of unbranched alkanes of at least 4 members (excludes halogenated alkanes) is 2. The Kier molecular flexibility index (Phi) is 5.33. The fourth-order valence-corrected chi connectivity index (χ4v) is 2.14. The van der Waals surface area contributed by atoms with Gasteiger partial charge in [0.1, 0.15) is 0 Å². The molecule has 0 aliphatic heterocycles. The molecule has 0 aliphatic carbocycles. The predicted octanol–water partition coefficient (Wildman–Crippen LogP) is 3.00. The monoisotopic (exact) mass is 268 g/mol. The summed E-state index contributed by atoms with van der Waals surface area (Å²) in [6.07, 6.45) is 6.68. The minimum Gasteiger partial charge on any atom is -0.302 e. The first-order valence-corrected chi connectivity index (χ1v) is 6.94. The fraction of sp³-hybridized carbons (Fsp3) is 0.375. The maximum absolute atomic E-state index is 8.50. The van der Waals surface area contributed by atoms with Crippen LogP contribution < -0.4 is 0 Å². The zero-order valence-electron chi connectivity index (χ0n) is 11.9. The normalized spacial score (nSPS) is 10.7. The SMILES string of the molecule is CN(CCCCC#N)Cc1cnn(-c2ccccc2)c1. The van der Waals surface area contributed by atoms with Crippen molar-refractivity contribution in [2.45, 2.75) is 25.8 Å². The lowest BCUT2D eigenvalue weighted by Gasteiger charge is -2.14. The third-order valence-electron chi connectivity index (χ3n) is 3.19. The summed E-state index contributed by atoms with van der Waals surface area (Å²) in [5.41, 5.74) is 2.28. The van der Waals surface area contributed by atoms with E-state index in [0.29, 0.717) is 6.42 Å². The molecule has 2 aromatic rings. The molecule has 104 valence electrons. The number of hydrogen-bond donors (Lipinski definition) is 0. The Morgan fingerprint density at radius 2 is 2.05 bits per heavy atom. The topological polar surface area (TPSA) is 44.9 Å². The number of nitrogens with zero attached hydrogens (tertiary/aromatic N) is 4. The van der Waals surface area contributed by atoms with Gasteiger partial charge in [-0.25, -0.2) is 4.68 Å². The summed E-state index contributed by atoms with van der Waals surface area (Å²) >= 11 is 0. The zero-order valence-corrected chi connectivity index (χ0v) is 11.9. The second-order valence-electron chi connectivity index (χ2n) is 4.98. The van der Waals surface area contributed by atoms with Gasteiger partial charge in [-0.05, 0) is 38.6 Å². The first kappa shape index (κ1) is 14.3. The van der Waals surface area contributed by atoms with Gasteiger partial charge in [-0.2, -0.15) is 10.4 Å². The van der Waals surface area contributed by atoms with Gasteiger partial charge in [0.15, 0.2) is 0 Å². The Morgan fingerprint density at radius 3 is 2.80 bits per heavy atom. The van der Waals surface area contributed by atoms with Crippen LogP contribution in [-0.2, 0) is 6.54 Å². The van der Waals surface area contributed by atoms with Crippen LogP contribution >= 0.6 is 0 Å². The van der Waals surface area contributed by atoms with Gasteiger partial charge in [0.25, 0.3) is 0 Å². The summed E-state index contributed by atoms with van der Waals surface area (Å²) < 4.78 is 1.90. The van der Waals surface area contributed by atoms with Gasteiger partial charge in [-0.3, -0.25) is 0 Å². The molecule has 0 atom stereocenters. The Hall–Kier alpha value is -2.12. The van der Waals surface area contributed by atoms with Crippen LogP contribution in [-0.4, -0.2) is 28.3 Å². The lowest BCUT2D eigenvalue weighted by Crippen LogP contribution is -2.18. The molecule has 20 heavy (non-hydrogen) atoms. The molecule has 1 heterocycles. The van der Waals surface area contributed by atoms with Crippen LogP contribution in [0, 0.1) is 11.3 Å². The second-order valence-corrected chi connectivity index (χ2v) is 4.98. The Balaban J connectivity index is 1.85. The maximum atomic E-state index is 8.50. The molecule has 0 fully saturated rings. The molecule has 4 nitrogen and oxygen atoms in total. The number of aromatic nitrogens is 2. The van der Waals surface area contributed by atoms with Crippen LogP contribution in [0.2, 0.25) is 0 Å². The highest BCUT2D eigenvalue weighted by Gasteiger charge is 2.04. The lowest BCUT2D eigenvalue weighted by atomic mass is 10.2. The molecule has 0 aliphatic rings. The molecule has 2 rings (SSSR count). The highest BCUT2D eigenvalue weighted by Crippen LogP contribution is 2.09. The van der Waals surface area contributed by atoms with Crippen molar-refractivity contribution in [1.82, 2.24) is 14.7 Å². The minimum absolute atomic E-state index is 0.653. The number of para-hydroxylation sites is 1. The highest BCUT2D eigenvalue weighted by molar-refractivity contribution is 5.30. The summed E-state index contributed by atoms with van der Waals surface area (Å²) in [6.45, 7) is 1.90. The minimum atomic E-state index is 0.653. The summed E-state index contributed by atoms with van der Waals surface area (Å²) in [5.74, 6) is 0. The average Bonchev–Trinajstić information content (AvgIpc) is 2.93. The van der Waals surface area contributed by atoms with Gasteiger partial charge in [-0.15, -0.1) is 0 Å². The van der Waals surface area contributed by atoms with Crippen LogP contribution in [0.5, 0.6) is 0 Å². The molecule has 0 bridgehead atoms. The molecule has 1 aromatic heterocycles.